The predicted molar refractivity (Wildman–Crippen MR) is 112 cm³/mol. The summed E-state index contributed by atoms with van der Waals surface area (Å²) in [6.07, 6.45) is 4.95. The number of likely N-dealkylation sites (tertiary alicyclic amines) is 1. The maximum Gasteiger partial charge on any atom is 0.280 e. The van der Waals surface area contributed by atoms with Crippen molar-refractivity contribution in [2.45, 2.75) is 18.9 Å². The largest absolute Gasteiger partial charge is 0.349 e. The number of hydrogen-bond acceptors (Lipinski definition) is 5. The molecule has 1 aromatic carbocycles. The lowest BCUT2D eigenvalue weighted by atomic mass is 10.1. The van der Waals surface area contributed by atoms with Gasteiger partial charge in [-0.15, -0.1) is 0 Å². The molecule has 0 atom stereocenters. The van der Waals surface area contributed by atoms with Crippen molar-refractivity contribution in [1.29, 1.82) is 5.26 Å². The summed E-state index contributed by atoms with van der Waals surface area (Å²) in [4.78, 5) is 31.8. The summed E-state index contributed by atoms with van der Waals surface area (Å²) in [7, 11) is 2.08. The zero-order valence-electron chi connectivity index (χ0n) is 16.6. The molecule has 3 aromatic rings. The monoisotopic (exact) mass is 402 g/mol. The van der Waals surface area contributed by atoms with Crippen LogP contribution in [-0.2, 0) is 0 Å². The molecule has 4 rings (SSSR count). The van der Waals surface area contributed by atoms with E-state index in [1.54, 1.807) is 42.6 Å². The Balaban J connectivity index is 1.49. The van der Waals surface area contributed by atoms with Crippen LogP contribution in [0.15, 0.2) is 53.6 Å². The Hall–Kier alpha value is -3.70. The molecule has 1 aliphatic rings. The third kappa shape index (κ3) is 4.02. The fraction of sp³-hybridized carbons (Fsp3) is 0.273. The van der Waals surface area contributed by atoms with Crippen molar-refractivity contribution >= 4 is 5.91 Å². The molecule has 0 saturated carbocycles. The Morgan fingerprint density at radius 1 is 1.20 bits per heavy atom. The molecule has 2 aromatic heterocycles. The molecule has 1 fully saturated rings. The topological polar surface area (TPSA) is 107 Å². The number of nitriles is 1. The number of piperidine rings is 1. The van der Waals surface area contributed by atoms with Gasteiger partial charge in [-0.05, 0) is 62.8 Å². The third-order valence-corrected chi connectivity index (χ3v) is 5.39. The molecule has 3 heterocycles. The Kier molecular flexibility index (Phi) is 5.46. The van der Waals surface area contributed by atoms with Crippen LogP contribution < -0.4 is 10.9 Å². The van der Waals surface area contributed by atoms with Crippen molar-refractivity contribution in [2.24, 2.45) is 0 Å². The molecule has 1 aliphatic heterocycles. The maximum absolute atomic E-state index is 12.8. The number of benzene rings is 1. The fourth-order valence-electron chi connectivity index (χ4n) is 3.55. The van der Waals surface area contributed by atoms with Crippen LogP contribution in [0.5, 0.6) is 0 Å². The first kappa shape index (κ1) is 19.6. The number of pyridine rings is 1. The normalized spacial score (nSPS) is 14.9. The number of nitrogens with zero attached hydrogens (tertiary/aromatic N) is 4. The molecular formula is C22H22N6O2. The number of H-pyrrole nitrogens is 1. The van der Waals surface area contributed by atoms with Gasteiger partial charge in [0.05, 0.1) is 22.8 Å². The predicted octanol–water partition coefficient (Wildman–Crippen LogP) is 1.92. The van der Waals surface area contributed by atoms with Gasteiger partial charge in [0, 0.05) is 18.4 Å². The smallest absolute Gasteiger partial charge is 0.280 e. The summed E-state index contributed by atoms with van der Waals surface area (Å²) in [5, 5.41) is 14.9. The second-order valence-electron chi connectivity index (χ2n) is 7.47. The second kappa shape index (κ2) is 8.35. The van der Waals surface area contributed by atoms with Crippen LogP contribution in [0.1, 0.15) is 28.8 Å². The standard InChI is InChI=1S/C22H22N6O2/c1-27-10-8-18(9-11-27)26-21(29)17-6-7-20(24-13-17)28-22(30)19(14-25-28)16-4-2-15(12-23)3-5-16/h2-7,13-14,18,25H,8-11H2,1H3,(H,26,29). The lowest BCUT2D eigenvalue weighted by Gasteiger charge is -2.29. The number of aromatic amines is 1. The third-order valence-electron chi connectivity index (χ3n) is 5.39. The van der Waals surface area contributed by atoms with Gasteiger partial charge in [-0.2, -0.15) is 5.26 Å². The van der Waals surface area contributed by atoms with Gasteiger partial charge in [0.2, 0.25) is 0 Å². The second-order valence-corrected chi connectivity index (χ2v) is 7.47. The van der Waals surface area contributed by atoms with Crippen molar-refractivity contribution in [3.05, 3.63) is 70.3 Å². The first-order valence-corrected chi connectivity index (χ1v) is 9.82. The summed E-state index contributed by atoms with van der Waals surface area (Å²) in [6.45, 7) is 1.94. The average molecular weight is 402 g/mol. The van der Waals surface area contributed by atoms with Crippen molar-refractivity contribution < 1.29 is 4.79 Å². The Morgan fingerprint density at radius 3 is 2.57 bits per heavy atom. The molecule has 0 radical (unpaired) electrons. The molecule has 0 bridgehead atoms. The highest BCUT2D eigenvalue weighted by Gasteiger charge is 2.19. The number of hydrogen-bond donors (Lipinski definition) is 2. The quantitative estimate of drug-likeness (QED) is 0.693. The molecule has 1 saturated heterocycles. The number of nitrogens with one attached hydrogen (secondary N) is 2. The van der Waals surface area contributed by atoms with Gasteiger partial charge < -0.3 is 10.2 Å². The van der Waals surface area contributed by atoms with Gasteiger partial charge in [-0.1, -0.05) is 12.1 Å². The Bertz CT molecular complexity index is 1130. The first-order valence-electron chi connectivity index (χ1n) is 9.82. The lowest BCUT2D eigenvalue weighted by molar-refractivity contribution is 0.0916. The molecule has 1 amide bonds. The highest BCUT2D eigenvalue weighted by atomic mass is 16.2. The van der Waals surface area contributed by atoms with Crippen molar-refractivity contribution in [3.8, 4) is 23.0 Å². The van der Waals surface area contributed by atoms with E-state index in [1.807, 2.05) is 0 Å². The van der Waals surface area contributed by atoms with Crippen LogP contribution >= 0.6 is 0 Å². The van der Waals surface area contributed by atoms with Gasteiger partial charge in [0.1, 0.15) is 0 Å². The molecule has 8 heteroatoms. The zero-order valence-corrected chi connectivity index (χ0v) is 16.6. The SMILES string of the molecule is CN1CCC(NC(=O)c2ccc(-n3[nH]cc(-c4ccc(C#N)cc4)c3=O)nc2)CC1. The van der Waals surface area contributed by atoms with Crippen molar-refractivity contribution in [1.82, 2.24) is 25.0 Å². The minimum Gasteiger partial charge on any atom is -0.349 e. The van der Waals surface area contributed by atoms with E-state index >= 15 is 0 Å². The number of rotatable bonds is 4. The van der Waals surface area contributed by atoms with Gasteiger partial charge >= 0.3 is 0 Å². The number of carbonyl (C=O) groups excluding carboxylic acids is 1. The summed E-state index contributed by atoms with van der Waals surface area (Å²) >= 11 is 0. The van der Waals surface area contributed by atoms with E-state index in [0.29, 0.717) is 28.1 Å². The highest BCUT2D eigenvalue weighted by molar-refractivity contribution is 5.94. The summed E-state index contributed by atoms with van der Waals surface area (Å²) in [5.41, 5.74) is 1.93. The Labute approximate surface area is 173 Å². The van der Waals surface area contributed by atoms with Crippen LogP contribution in [0.2, 0.25) is 0 Å². The lowest BCUT2D eigenvalue weighted by Crippen LogP contribution is -2.43. The van der Waals surface area contributed by atoms with E-state index < -0.39 is 0 Å². The van der Waals surface area contributed by atoms with Gasteiger partial charge in [0.25, 0.3) is 11.5 Å². The maximum atomic E-state index is 12.8. The molecule has 0 unspecified atom stereocenters. The van der Waals surface area contributed by atoms with E-state index in [2.05, 4.69) is 33.4 Å². The number of carbonyl (C=O) groups is 1. The number of aromatic nitrogens is 3. The highest BCUT2D eigenvalue weighted by Crippen LogP contribution is 2.16. The number of amides is 1. The van der Waals surface area contributed by atoms with Gasteiger partial charge in [0.15, 0.2) is 5.82 Å². The molecule has 152 valence electrons. The molecule has 0 spiro atoms. The van der Waals surface area contributed by atoms with E-state index in [9.17, 15) is 9.59 Å². The summed E-state index contributed by atoms with van der Waals surface area (Å²) in [6, 6.07) is 12.3. The Morgan fingerprint density at radius 2 is 1.93 bits per heavy atom. The average Bonchev–Trinajstić information content (AvgIpc) is 3.16. The minimum atomic E-state index is -0.254. The molecule has 8 nitrogen and oxygen atoms in total. The molecule has 30 heavy (non-hydrogen) atoms. The van der Waals surface area contributed by atoms with Crippen LogP contribution in [-0.4, -0.2) is 51.8 Å². The molecule has 0 aliphatic carbocycles. The van der Waals surface area contributed by atoms with E-state index in [4.69, 9.17) is 5.26 Å². The minimum absolute atomic E-state index is 0.152. The summed E-state index contributed by atoms with van der Waals surface area (Å²) in [5.74, 6) is 0.247. The van der Waals surface area contributed by atoms with Crippen LogP contribution in [0.4, 0.5) is 0 Å². The molecular weight excluding hydrogens is 380 g/mol. The fourth-order valence-corrected chi connectivity index (χ4v) is 3.55. The summed E-state index contributed by atoms with van der Waals surface area (Å²) < 4.78 is 1.33. The molecule has 2 N–H and O–H groups in total. The van der Waals surface area contributed by atoms with Gasteiger partial charge in [-0.3, -0.25) is 14.7 Å². The van der Waals surface area contributed by atoms with Crippen LogP contribution in [0.3, 0.4) is 0 Å². The van der Waals surface area contributed by atoms with Crippen LogP contribution in [0.25, 0.3) is 16.9 Å². The zero-order chi connectivity index (χ0) is 21.1. The van der Waals surface area contributed by atoms with E-state index in [-0.39, 0.29) is 17.5 Å². The van der Waals surface area contributed by atoms with E-state index in [0.717, 1.165) is 25.9 Å². The van der Waals surface area contributed by atoms with Crippen LogP contribution in [0, 0.1) is 11.3 Å². The van der Waals surface area contributed by atoms with Gasteiger partial charge in [-0.25, -0.2) is 9.67 Å². The first-order chi connectivity index (χ1) is 14.5. The van der Waals surface area contributed by atoms with Crippen molar-refractivity contribution in [3.63, 3.8) is 0 Å². The van der Waals surface area contributed by atoms with E-state index in [1.165, 1.54) is 10.9 Å². The van der Waals surface area contributed by atoms with Crippen molar-refractivity contribution in [2.75, 3.05) is 20.1 Å².